The van der Waals surface area contributed by atoms with Crippen LogP contribution in [0.1, 0.15) is 12.7 Å². The third kappa shape index (κ3) is 3.39. The molecule has 0 bridgehead atoms. The van der Waals surface area contributed by atoms with Gasteiger partial charge in [0.2, 0.25) is 0 Å². The lowest BCUT2D eigenvalue weighted by molar-refractivity contribution is 0.256. The number of para-hydroxylation sites is 1. The topological polar surface area (TPSA) is 88.3 Å². The van der Waals surface area contributed by atoms with E-state index >= 15 is 0 Å². The van der Waals surface area contributed by atoms with Gasteiger partial charge < -0.3 is 4.98 Å². The van der Waals surface area contributed by atoms with Gasteiger partial charge in [0.25, 0.3) is 5.56 Å². The summed E-state index contributed by atoms with van der Waals surface area (Å²) in [7, 11) is 0. The van der Waals surface area contributed by atoms with Crippen LogP contribution < -0.4 is 11.2 Å². The Balaban J connectivity index is 1.52. The molecule has 4 aromatic rings. The molecule has 0 spiro atoms. The number of fused-ring (bicyclic) bond motifs is 2. The molecule has 0 amide bonds. The van der Waals surface area contributed by atoms with Crippen LogP contribution in [0.2, 0.25) is 0 Å². The first kappa shape index (κ1) is 17.2. The normalized spacial score (nSPS) is 11.6. The molecule has 3 aromatic heterocycles. The molecule has 27 heavy (non-hydrogen) atoms. The second-order valence-electron chi connectivity index (χ2n) is 6.33. The monoisotopic (exact) mass is 364 g/mol. The lowest BCUT2D eigenvalue weighted by atomic mass is 10.2. The van der Waals surface area contributed by atoms with Gasteiger partial charge in [-0.3, -0.25) is 14.1 Å². The number of hydrogen-bond acceptors (Lipinski definition) is 5. The number of H-pyrrole nitrogens is 1. The highest BCUT2D eigenvalue weighted by Crippen LogP contribution is 2.07. The van der Waals surface area contributed by atoms with Crippen LogP contribution in [-0.2, 0) is 13.1 Å². The zero-order valence-corrected chi connectivity index (χ0v) is 15.0. The molecule has 0 unspecified atom stereocenters. The van der Waals surface area contributed by atoms with Crippen molar-refractivity contribution in [1.29, 1.82) is 0 Å². The van der Waals surface area contributed by atoms with E-state index in [1.807, 2.05) is 31.2 Å². The first-order valence-electron chi connectivity index (χ1n) is 8.90. The predicted molar refractivity (Wildman–Crippen MR) is 103 cm³/mol. The van der Waals surface area contributed by atoms with Crippen molar-refractivity contribution in [3.63, 3.8) is 0 Å². The van der Waals surface area contributed by atoms with E-state index in [9.17, 15) is 9.59 Å². The summed E-state index contributed by atoms with van der Waals surface area (Å²) < 4.78 is 2.99. The smallest absolute Gasteiger partial charge is 0.309 e. The Kier molecular flexibility index (Phi) is 4.55. The Bertz CT molecular complexity index is 1210. The van der Waals surface area contributed by atoms with E-state index in [2.05, 4.69) is 20.0 Å². The number of hydrogen-bond donors (Lipinski definition) is 1. The minimum atomic E-state index is -0.154. The molecule has 138 valence electrons. The van der Waals surface area contributed by atoms with E-state index in [1.54, 1.807) is 24.4 Å². The summed E-state index contributed by atoms with van der Waals surface area (Å²) in [5, 5.41) is 4.93. The second-order valence-corrected chi connectivity index (χ2v) is 6.33. The van der Waals surface area contributed by atoms with E-state index in [0.29, 0.717) is 42.0 Å². The van der Waals surface area contributed by atoms with E-state index in [4.69, 9.17) is 0 Å². The minimum absolute atomic E-state index is 0.136. The van der Waals surface area contributed by atoms with Crippen LogP contribution in [0.3, 0.4) is 0 Å². The Morgan fingerprint density at radius 1 is 1.11 bits per heavy atom. The predicted octanol–water partition coefficient (Wildman–Crippen LogP) is 1.25. The van der Waals surface area contributed by atoms with Crippen LogP contribution in [0.25, 0.3) is 16.6 Å². The van der Waals surface area contributed by atoms with Crippen molar-refractivity contribution in [2.45, 2.75) is 20.0 Å². The number of aromatic nitrogens is 5. The largest absolute Gasteiger partial charge is 0.350 e. The molecule has 0 atom stereocenters. The standard InChI is InChI=1S/C19H20N6O2/c1-2-23(11-12-25-19(27)24-10-6-5-9-17(24)22-25)13-16-20-15-8-4-3-7-14(15)18(26)21-16/h3-10H,2,11-13H2,1H3,(H,20,21,26). The molecule has 3 heterocycles. The zero-order chi connectivity index (χ0) is 18.8. The summed E-state index contributed by atoms with van der Waals surface area (Å²) in [5.74, 6) is 0.614. The molecule has 8 heteroatoms. The third-order valence-electron chi connectivity index (χ3n) is 4.60. The summed E-state index contributed by atoms with van der Waals surface area (Å²) in [6.45, 7) is 4.38. The first-order chi connectivity index (χ1) is 13.2. The van der Waals surface area contributed by atoms with Gasteiger partial charge in [-0.1, -0.05) is 25.1 Å². The molecule has 4 rings (SSSR count). The van der Waals surface area contributed by atoms with Crippen LogP contribution in [0.4, 0.5) is 0 Å². The summed E-state index contributed by atoms with van der Waals surface area (Å²) in [4.78, 5) is 34.1. The summed E-state index contributed by atoms with van der Waals surface area (Å²) >= 11 is 0. The molecule has 0 radical (unpaired) electrons. The van der Waals surface area contributed by atoms with Gasteiger partial charge >= 0.3 is 5.69 Å². The highest BCUT2D eigenvalue weighted by molar-refractivity contribution is 5.77. The lowest BCUT2D eigenvalue weighted by Gasteiger charge is -2.19. The van der Waals surface area contributed by atoms with Crippen molar-refractivity contribution < 1.29 is 0 Å². The number of aromatic amines is 1. The molecule has 0 saturated carbocycles. The Morgan fingerprint density at radius 3 is 2.74 bits per heavy atom. The average Bonchev–Trinajstić information content (AvgIpc) is 3.01. The van der Waals surface area contributed by atoms with Gasteiger partial charge in [-0.05, 0) is 30.8 Å². The highest BCUT2D eigenvalue weighted by Gasteiger charge is 2.11. The molecule has 1 aromatic carbocycles. The molecule has 0 saturated heterocycles. The van der Waals surface area contributed by atoms with Crippen molar-refractivity contribution >= 4 is 16.6 Å². The molecule has 8 nitrogen and oxygen atoms in total. The van der Waals surface area contributed by atoms with Crippen LogP contribution in [0.15, 0.2) is 58.3 Å². The molecule has 1 N–H and O–H groups in total. The minimum Gasteiger partial charge on any atom is -0.309 e. The molecule has 0 fully saturated rings. The molecule has 0 aliphatic carbocycles. The maximum absolute atomic E-state index is 12.4. The van der Waals surface area contributed by atoms with E-state index < -0.39 is 0 Å². The van der Waals surface area contributed by atoms with Gasteiger partial charge in [-0.25, -0.2) is 14.5 Å². The number of pyridine rings is 1. The van der Waals surface area contributed by atoms with Crippen molar-refractivity contribution in [3.05, 3.63) is 75.3 Å². The molecule has 0 aliphatic heterocycles. The van der Waals surface area contributed by atoms with E-state index in [1.165, 1.54) is 9.08 Å². The zero-order valence-electron chi connectivity index (χ0n) is 15.0. The maximum Gasteiger partial charge on any atom is 0.350 e. The lowest BCUT2D eigenvalue weighted by Crippen LogP contribution is -2.32. The first-order valence-corrected chi connectivity index (χ1v) is 8.90. The maximum atomic E-state index is 12.4. The van der Waals surface area contributed by atoms with Gasteiger partial charge in [-0.15, -0.1) is 5.10 Å². The van der Waals surface area contributed by atoms with Gasteiger partial charge in [0.05, 0.1) is 24.0 Å². The fourth-order valence-electron chi connectivity index (χ4n) is 3.12. The van der Waals surface area contributed by atoms with Crippen molar-refractivity contribution in [2.24, 2.45) is 0 Å². The third-order valence-corrected chi connectivity index (χ3v) is 4.60. The number of benzene rings is 1. The average molecular weight is 364 g/mol. The fourth-order valence-corrected chi connectivity index (χ4v) is 3.12. The van der Waals surface area contributed by atoms with Crippen molar-refractivity contribution in [2.75, 3.05) is 13.1 Å². The van der Waals surface area contributed by atoms with Gasteiger partial charge in [0.15, 0.2) is 5.65 Å². The summed E-state index contributed by atoms with van der Waals surface area (Å²) in [5.41, 5.74) is 1.03. The molecular weight excluding hydrogens is 344 g/mol. The SMILES string of the molecule is CCN(CCn1nc2ccccn2c1=O)Cc1nc2ccccc2c(=O)[nH]1. The van der Waals surface area contributed by atoms with Crippen LogP contribution in [-0.4, -0.2) is 42.1 Å². The number of nitrogens with zero attached hydrogens (tertiary/aromatic N) is 5. The van der Waals surface area contributed by atoms with Crippen molar-refractivity contribution in [3.8, 4) is 0 Å². The van der Waals surface area contributed by atoms with Crippen LogP contribution >= 0.6 is 0 Å². The van der Waals surface area contributed by atoms with E-state index in [0.717, 1.165) is 6.54 Å². The molecular formula is C19H20N6O2. The van der Waals surface area contributed by atoms with Gasteiger partial charge in [-0.2, -0.15) is 0 Å². The summed E-state index contributed by atoms with van der Waals surface area (Å²) in [6.07, 6.45) is 1.71. The molecule has 0 aliphatic rings. The number of nitrogens with one attached hydrogen (secondary N) is 1. The van der Waals surface area contributed by atoms with E-state index in [-0.39, 0.29) is 11.2 Å². The fraction of sp³-hybridized carbons (Fsp3) is 0.263. The second kappa shape index (κ2) is 7.16. The Hall–Kier alpha value is -3.26. The van der Waals surface area contributed by atoms with Crippen LogP contribution in [0.5, 0.6) is 0 Å². The quantitative estimate of drug-likeness (QED) is 0.556. The highest BCUT2D eigenvalue weighted by atomic mass is 16.2. The van der Waals surface area contributed by atoms with Gasteiger partial charge in [0, 0.05) is 12.7 Å². The summed E-state index contributed by atoms with van der Waals surface area (Å²) in [6, 6.07) is 12.8. The van der Waals surface area contributed by atoms with Gasteiger partial charge in [0.1, 0.15) is 5.82 Å². The number of rotatable bonds is 6. The van der Waals surface area contributed by atoms with Crippen LogP contribution in [0, 0.1) is 0 Å². The van der Waals surface area contributed by atoms with Crippen molar-refractivity contribution in [1.82, 2.24) is 29.0 Å². The Labute approximate surface area is 154 Å². The number of likely N-dealkylation sites (N-methyl/N-ethyl adjacent to an activating group) is 1. The Morgan fingerprint density at radius 2 is 1.93 bits per heavy atom.